The number of allylic oxidation sites excluding steroid dienone is 1. The first-order valence-corrected chi connectivity index (χ1v) is 3.54. The lowest BCUT2D eigenvalue weighted by Gasteiger charge is -1.86. The largest absolute Gasteiger partial charge is 0.183 e. The van der Waals surface area contributed by atoms with E-state index in [-0.39, 0.29) is 0 Å². The van der Waals surface area contributed by atoms with Crippen LogP contribution in [0.15, 0.2) is 36.4 Å². The topological polar surface area (TPSA) is 23.8 Å². The van der Waals surface area contributed by atoms with Crippen LogP contribution in [0.3, 0.4) is 0 Å². The van der Waals surface area contributed by atoms with E-state index in [1.807, 2.05) is 36.4 Å². The van der Waals surface area contributed by atoms with Crippen LogP contribution in [-0.2, 0) is 0 Å². The summed E-state index contributed by atoms with van der Waals surface area (Å²) in [6, 6.07) is 11.6. The van der Waals surface area contributed by atoms with Crippen LogP contribution in [0.5, 0.6) is 0 Å². The zero-order chi connectivity index (χ0) is 8.65. The Morgan fingerprint density at radius 1 is 1.17 bits per heavy atom. The standard InChI is InChI=1S/C11H7N/c12-10-6-2-5-9-11-7-3-1-4-8-11/h1,3-5,7-9H/b9-5+. The number of benzene rings is 1. The highest BCUT2D eigenvalue weighted by molar-refractivity contribution is 5.52. The molecule has 12 heavy (non-hydrogen) atoms. The monoisotopic (exact) mass is 153 g/mol. The smallest absolute Gasteiger partial charge is 0.152 e. The van der Waals surface area contributed by atoms with Crippen LogP contribution in [0.4, 0.5) is 0 Å². The maximum absolute atomic E-state index is 8.11. The van der Waals surface area contributed by atoms with Crippen LogP contribution < -0.4 is 0 Å². The molecule has 0 bridgehead atoms. The van der Waals surface area contributed by atoms with Crippen LogP contribution in [0.2, 0.25) is 0 Å². The highest BCUT2D eigenvalue weighted by Crippen LogP contribution is 1.99. The lowest BCUT2D eigenvalue weighted by atomic mass is 10.2. The molecule has 0 aliphatic rings. The fraction of sp³-hybridized carbons (Fsp3) is 0. The number of nitrogens with zero attached hydrogens (tertiary/aromatic N) is 1. The molecule has 1 nitrogen and oxygen atoms in total. The van der Waals surface area contributed by atoms with Gasteiger partial charge in [0, 0.05) is 5.92 Å². The fourth-order valence-corrected chi connectivity index (χ4v) is 0.776. The Kier molecular flexibility index (Phi) is 3.22. The van der Waals surface area contributed by atoms with Crippen molar-refractivity contribution in [2.75, 3.05) is 0 Å². The molecule has 0 fully saturated rings. The summed E-state index contributed by atoms with van der Waals surface area (Å²) < 4.78 is 0. The number of nitriles is 1. The summed E-state index contributed by atoms with van der Waals surface area (Å²) in [5.74, 6) is 4.88. The molecule has 1 heteroatoms. The molecule has 0 N–H and O–H groups in total. The van der Waals surface area contributed by atoms with E-state index in [0.717, 1.165) is 5.56 Å². The third-order valence-corrected chi connectivity index (χ3v) is 1.29. The molecule has 0 amide bonds. The first kappa shape index (κ1) is 8.11. The lowest BCUT2D eigenvalue weighted by Crippen LogP contribution is -1.66. The Balaban J connectivity index is 2.66. The van der Waals surface area contributed by atoms with Crippen molar-refractivity contribution in [3.8, 4) is 17.9 Å². The molecule has 0 atom stereocenters. The van der Waals surface area contributed by atoms with Gasteiger partial charge in [0.2, 0.25) is 0 Å². The normalized spacial score (nSPS) is 8.58. The minimum absolute atomic E-state index is 1.09. The second-order valence-corrected chi connectivity index (χ2v) is 2.13. The SMILES string of the molecule is N#CC#C/C=C/c1ccccc1. The van der Waals surface area contributed by atoms with Gasteiger partial charge >= 0.3 is 0 Å². The molecule has 0 radical (unpaired) electrons. The molecule has 0 aliphatic heterocycles. The Bertz CT molecular complexity index is 357. The van der Waals surface area contributed by atoms with E-state index < -0.39 is 0 Å². The molecule has 0 unspecified atom stereocenters. The fourth-order valence-electron chi connectivity index (χ4n) is 0.776. The van der Waals surface area contributed by atoms with Gasteiger partial charge in [-0.3, -0.25) is 0 Å². The lowest BCUT2D eigenvalue weighted by molar-refractivity contribution is 1.55. The zero-order valence-electron chi connectivity index (χ0n) is 6.49. The first-order valence-electron chi connectivity index (χ1n) is 3.54. The summed E-state index contributed by atoms with van der Waals surface area (Å²) in [4.78, 5) is 0. The number of hydrogen-bond acceptors (Lipinski definition) is 1. The van der Waals surface area contributed by atoms with Crippen LogP contribution >= 0.6 is 0 Å². The zero-order valence-corrected chi connectivity index (χ0v) is 6.49. The average Bonchev–Trinajstić information content (AvgIpc) is 2.14. The van der Waals surface area contributed by atoms with Crippen LogP contribution in [0.1, 0.15) is 5.56 Å². The van der Waals surface area contributed by atoms with Gasteiger partial charge in [-0.1, -0.05) is 36.3 Å². The molecule has 0 aliphatic carbocycles. The van der Waals surface area contributed by atoms with Gasteiger partial charge in [0.25, 0.3) is 0 Å². The van der Waals surface area contributed by atoms with Crippen LogP contribution in [0, 0.1) is 23.2 Å². The van der Waals surface area contributed by atoms with Gasteiger partial charge in [-0.15, -0.1) is 0 Å². The van der Waals surface area contributed by atoms with Crippen LogP contribution in [0.25, 0.3) is 6.08 Å². The molecule has 1 aromatic carbocycles. The molecular formula is C11H7N. The van der Waals surface area contributed by atoms with Crippen molar-refractivity contribution < 1.29 is 0 Å². The van der Waals surface area contributed by atoms with Crippen molar-refractivity contribution in [1.82, 2.24) is 0 Å². The molecule has 0 saturated carbocycles. The average molecular weight is 153 g/mol. The molecular weight excluding hydrogens is 146 g/mol. The van der Waals surface area contributed by atoms with Gasteiger partial charge in [-0.25, -0.2) is 0 Å². The molecule has 0 spiro atoms. The van der Waals surface area contributed by atoms with Crippen molar-refractivity contribution in [2.45, 2.75) is 0 Å². The molecule has 1 aromatic rings. The molecule has 0 aromatic heterocycles. The summed E-state index contributed by atoms with van der Waals surface area (Å²) >= 11 is 0. The van der Waals surface area contributed by atoms with Gasteiger partial charge < -0.3 is 0 Å². The number of rotatable bonds is 1. The van der Waals surface area contributed by atoms with Crippen molar-refractivity contribution in [1.29, 1.82) is 5.26 Å². The first-order chi connectivity index (χ1) is 5.93. The van der Waals surface area contributed by atoms with E-state index in [2.05, 4.69) is 11.8 Å². The Labute approximate surface area is 72.0 Å². The highest BCUT2D eigenvalue weighted by Gasteiger charge is 1.78. The summed E-state index contributed by atoms with van der Waals surface area (Å²) in [6.07, 6.45) is 3.53. The van der Waals surface area contributed by atoms with E-state index in [1.165, 1.54) is 0 Å². The Hall–Kier alpha value is -1.99. The van der Waals surface area contributed by atoms with Crippen LogP contribution in [-0.4, -0.2) is 0 Å². The maximum Gasteiger partial charge on any atom is 0.152 e. The summed E-state index contributed by atoms with van der Waals surface area (Å²) in [5.41, 5.74) is 1.09. The van der Waals surface area contributed by atoms with Gasteiger partial charge in [0.05, 0.1) is 0 Å². The second kappa shape index (κ2) is 4.77. The van der Waals surface area contributed by atoms with E-state index in [4.69, 9.17) is 5.26 Å². The van der Waals surface area contributed by atoms with Gasteiger partial charge in [-0.2, -0.15) is 5.26 Å². The van der Waals surface area contributed by atoms with Crippen molar-refractivity contribution in [2.24, 2.45) is 0 Å². The third-order valence-electron chi connectivity index (χ3n) is 1.29. The molecule has 56 valence electrons. The van der Waals surface area contributed by atoms with E-state index in [1.54, 1.807) is 12.1 Å². The van der Waals surface area contributed by atoms with Crippen molar-refractivity contribution in [3.63, 3.8) is 0 Å². The van der Waals surface area contributed by atoms with Gasteiger partial charge in [-0.05, 0) is 17.7 Å². The third kappa shape index (κ3) is 2.73. The molecule has 1 rings (SSSR count). The second-order valence-electron chi connectivity index (χ2n) is 2.13. The predicted molar refractivity (Wildman–Crippen MR) is 48.9 cm³/mol. The van der Waals surface area contributed by atoms with Crippen molar-refractivity contribution in [3.05, 3.63) is 42.0 Å². The van der Waals surface area contributed by atoms with E-state index >= 15 is 0 Å². The highest BCUT2D eigenvalue weighted by atomic mass is 14.2. The minimum Gasteiger partial charge on any atom is -0.183 e. The quantitative estimate of drug-likeness (QED) is 0.567. The van der Waals surface area contributed by atoms with E-state index in [0.29, 0.717) is 0 Å². The Morgan fingerprint density at radius 2 is 1.92 bits per heavy atom. The summed E-state index contributed by atoms with van der Waals surface area (Å²) in [6.45, 7) is 0. The molecule has 0 heterocycles. The maximum atomic E-state index is 8.11. The Morgan fingerprint density at radius 3 is 2.58 bits per heavy atom. The predicted octanol–water partition coefficient (Wildman–Crippen LogP) is 2.23. The van der Waals surface area contributed by atoms with Crippen molar-refractivity contribution >= 4 is 6.08 Å². The van der Waals surface area contributed by atoms with Gasteiger partial charge in [0.15, 0.2) is 6.07 Å². The minimum atomic E-state index is 1.09. The number of hydrogen-bond donors (Lipinski definition) is 0. The van der Waals surface area contributed by atoms with E-state index in [9.17, 15) is 0 Å². The van der Waals surface area contributed by atoms with Gasteiger partial charge in [0.1, 0.15) is 0 Å². The molecule has 0 saturated heterocycles. The summed E-state index contributed by atoms with van der Waals surface area (Å²) in [7, 11) is 0. The summed E-state index contributed by atoms with van der Waals surface area (Å²) in [5, 5.41) is 8.11.